The lowest BCUT2D eigenvalue weighted by molar-refractivity contribution is 0.110. The molecule has 1 unspecified atom stereocenters. The summed E-state index contributed by atoms with van der Waals surface area (Å²) in [5.41, 5.74) is 1.15. The Bertz CT molecular complexity index is 353. The minimum absolute atomic E-state index is 0.425. The molecule has 1 atom stereocenters. The van der Waals surface area contributed by atoms with Gasteiger partial charge in [-0.05, 0) is 24.5 Å². The molecule has 4 heteroatoms. The van der Waals surface area contributed by atoms with E-state index in [1.165, 1.54) is 12.8 Å². The van der Waals surface area contributed by atoms with Gasteiger partial charge >= 0.3 is 0 Å². The van der Waals surface area contributed by atoms with Crippen LogP contribution in [0.2, 0.25) is 5.02 Å². The van der Waals surface area contributed by atoms with Crippen LogP contribution in [-0.2, 0) is 11.3 Å². The predicted molar refractivity (Wildman–Crippen MR) is 75.0 cm³/mol. The van der Waals surface area contributed by atoms with E-state index in [0.717, 1.165) is 43.4 Å². The molecule has 0 aliphatic carbocycles. The van der Waals surface area contributed by atoms with Crippen LogP contribution in [-0.4, -0.2) is 32.3 Å². The fourth-order valence-corrected chi connectivity index (χ4v) is 2.31. The first-order chi connectivity index (χ1) is 8.86. The summed E-state index contributed by atoms with van der Waals surface area (Å²) in [5.74, 6) is 0. The number of rotatable bonds is 7. The Hall–Kier alpha value is -0.610. The largest absolute Gasteiger partial charge is 0.377 e. The van der Waals surface area contributed by atoms with Crippen molar-refractivity contribution in [2.75, 3.05) is 26.2 Å². The van der Waals surface area contributed by atoms with Gasteiger partial charge in [0.05, 0.1) is 6.10 Å². The second-order valence-corrected chi connectivity index (χ2v) is 5.01. The molecule has 1 aromatic carbocycles. The van der Waals surface area contributed by atoms with Crippen LogP contribution in [0.4, 0.5) is 0 Å². The average Bonchev–Trinajstić information content (AvgIpc) is 2.89. The van der Waals surface area contributed by atoms with Gasteiger partial charge in [-0.3, -0.25) is 0 Å². The summed E-state index contributed by atoms with van der Waals surface area (Å²) < 4.78 is 5.54. The van der Waals surface area contributed by atoms with Gasteiger partial charge in [0.2, 0.25) is 0 Å². The quantitative estimate of drug-likeness (QED) is 0.744. The van der Waals surface area contributed by atoms with Crippen molar-refractivity contribution in [1.29, 1.82) is 0 Å². The van der Waals surface area contributed by atoms with Crippen LogP contribution >= 0.6 is 11.6 Å². The molecule has 1 aliphatic rings. The first-order valence-corrected chi connectivity index (χ1v) is 7.00. The maximum absolute atomic E-state index is 6.08. The maximum Gasteiger partial charge on any atom is 0.0700 e. The highest BCUT2D eigenvalue weighted by Gasteiger charge is 2.13. The number of ether oxygens (including phenoxy) is 1. The summed E-state index contributed by atoms with van der Waals surface area (Å²) >= 11 is 6.08. The van der Waals surface area contributed by atoms with Gasteiger partial charge in [0, 0.05) is 37.8 Å². The van der Waals surface area contributed by atoms with Gasteiger partial charge in [0.25, 0.3) is 0 Å². The lowest BCUT2D eigenvalue weighted by atomic mass is 10.2. The Morgan fingerprint density at radius 1 is 1.22 bits per heavy atom. The van der Waals surface area contributed by atoms with Crippen LogP contribution in [0.3, 0.4) is 0 Å². The van der Waals surface area contributed by atoms with E-state index in [1.54, 1.807) is 0 Å². The molecule has 100 valence electrons. The van der Waals surface area contributed by atoms with E-state index < -0.39 is 0 Å². The number of hydrogen-bond acceptors (Lipinski definition) is 3. The molecule has 0 amide bonds. The second-order valence-electron chi connectivity index (χ2n) is 4.61. The van der Waals surface area contributed by atoms with Crippen molar-refractivity contribution in [3.8, 4) is 0 Å². The van der Waals surface area contributed by atoms with Gasteiger partial charge in [0.15, 0.2) is 0 Å². The molecule has 0 aromatic heterocycles. The van der Waals surface area contributed by atoms with Gasteiger partial charge < -0.3 is 15.4 Å². The van der Waals surface area contributed by atoms with Crippen molar-refractivity contribution < 1.29 is 4.74 Å². The fraction of sp³-hybridized carbons (Fsp3) is 0.571. The molecule has 1 aromatic rings. The highest BCUT2D eigenvalue weighted by Crippen LogP contribution is 2.14. The van der Waals surface area contributed by atoms with E-state index in [2.05, 4.69) is 16.7 Å². The van der Waals surface area contributed by atoms with Crippen LogP contribution < -0.4 is 10.6 Å². The minimum Gasteiger partial charge on any atom is -0.377 e. The number of halogens is 1. The molecular formula is C14H21ClN2O. The molecule has 1 saturated heterocycles. The number of benzene rings is 1. The SMILES string of the molecule is Clc1ccccc1CNCCNCC1CCCO1. The molecule has 2 N–H and O–H groups in total. The van der Waals surface area contributed by atoms with Gasteiger partial charge in [-0.25, -0.2) is 0 Å². The lowest BCUT2D eigenvalue weighted by Crippen LogP contribution is -2.32. The highest BCUT2D eigenvalue weighted by molar-refractivity contribution is 6.31. The van der Waals surface area contributed by atoms with Crippen molar-refractivity contribution >= 4 is 11.6 Å². The normalized spacial score (nSPS) is 19.3. The summed E-state index contributed by atoms with van der Waals surface area (Å²) in [6.45, 7) is 4.62. The minimum atomic E-state index is 0.425. The van der Waals surface area contributed by atoms with E-state index in [4.69, 9.17) is 16.3 Å². The van der Waals surface area contributed by atoms with E-state index in [0.29, 0.717) is 6.10 Å². The molecular weight excluding hydrogens is 248 g/mol. The van der Waals surface area contributed by atoms with E-state index >= 15 is 0 Å². The summed E-state index contributed by atoms with van der Waals surface area (Å²) in [7, 11) is 0. The molecule has 1 fully saturated rings. The van der Waals surface area contributed by atoms with Gasteiger partial charge in [-0.1, -0.05) is 29.8 Å². The Morgan fingerprint density at radius 2 is 2.06 bits per heavy atom. The van der Waals surface area contributed by atoms with E-state index in [1.807, 2.05) is 18.2 Å². The molecule has 1 heterocycles. The summed E-state index contributed by atoms with van der Waals surface area (Å²) in [6.07, 6.45) is 2.82. The summed E-state index contributed by atoms with van der Waals surface area (Å²) in [6, 6.07) is 7.94. The number of nitrogens with one attached hydrogen (secondary N) is 2. The van der Waals surface area contributed by atoms with Crippen LogP contribution in [0.1, 0.15) is 18.4 Å². The zero-order valence-corrected chi connectivity index (χ0v) is 11.4. The fourth-order valence-electron chi connectivity index (χ4n) is 2.11. The van der Waals surface area contributed by atoms with Crippen molar-refractivity contribution in [3.05, 3.63) is 34.9 Å². The number of hydrogen-bond donors (Lipinski definition) is 2. The smallest absolute Gasteiger partial charge is 0.0700 e. The van der Waals surface area contributed by atoms with Crippen LogP contribution in [0.25, 0.3) is 0 Å². The van der Waals surface area contributed by atoms with Crippen molar-refractivity contribution in [2.45, 2.75) is 25.5 Å². The van der Waals surface area contributed by atoms with E-state index in [-0.39, 0.29) is 0 Å². The van der Waals surface area contributed by atoms with Crippen LogP contribution in [0.5, 0.6) is 0 Å². The zero-order chi connectivity index (χ0) is 12.6. The third kappa shape index (κ3) is 4.58. The first kappa shape index (κ1) is 13.8. The van der Waals surface area contributed by atoms with E-state index in [9.17, 15) is 0 Å². The standard InChI is InChI=1S/C14H21ClN2O/c15-14-6-2-1-4-12(14)10-16-7-8-17-11-13-5-3-9-18-13/h1-2,4,6,13,16-17H,3,5,7-11H2. The molecule has 3 nitrogen and oxygen atoms in total. The average molecular weight is 269 g/mol. The molecule has 0 saturated carbocycles. The highest BCUT2D eigenvalue weighted by atomic mass is 35.5. The second kappa shape index (κ2) is 7.74. The monoisotopic (exact) mass is 268 g/mol. The van der Waals surface area contributed by atoms with Crippen molar-refractivity contribution in [1.82, 2.24) is 10.6 Å². The third-order valence-corrected chi connectivity index (χ3v) is 3.52. The van der Waals surface area contributed by atoms with Gasteiger partial charge in [0.1, 0.15) is 0 Å². The molecule has 0 spiro atoms. The molecule has 18 heavy (non-hydrogen) atoms. The zero-order valence-electron chi connectivity index (χ0n) is 10.6. The third-order valence-electron chi connectivity index (χ3n) is 3.15. The van der Waals surface area contributed by atoms with Crippen molar-refractivity contribution in [3.63, 3.8) is 0 Å². The summed E-state index contributed by atoms with van der Waals surface area (Å²) in [5, 5.41) is 7.62. The van der Waals surface area contributed by atoms with Crippen LogP contribution in [0, 0.1) is 0 Å². The van der Waals surface area contributed by atoms with Gasteiger partial charge in [-0.2, -0.15) is 0 Å². The Morgan fingerprint density at radius 3 is 2.83 bits per heavy atom. The van der Waals surface area contributed by atoms with Gasteiger partial charge in [-0.15, -0.1) is 0 Å². The lowest BCUT2D eigenvalue weighted by Gasteiger charge is -2.11. The summed E-state index contributed by atoms with van der Waals surface area (Å²) in [4.78, 5) is 0. The maximum atomic E-state index is 6.08. The molecule has 1 aliphatic heterocycles. The molecule has 0 bridgehead atoms. The molecule has 0 radical (unpaired) electrons. The predicted octanol–water partition coefficient (Wildman–Crippen LogP) is 2.20. The van der Waals surface area contributed by atoms with Crippen LogP contribution in [0.15, 0.2) is 24.3 Å². The Kier molecular flexibility index (Phi) is 5.94. The Labute approximate surface area is 114 Å². The van der Waals surface area contributed by atoms with Crippen molar-refractivity contribution in [2.24, 2.45) is 0 Å². The Balaban J connectivity index is 1.52. The first-order valence-electron chi connectivity index (χ1n) is 6.62. The molecule has 2 rings (SSSR count). The topological polar surface area (TPSA) is 33.3 Å².